The van der Waals surface area contributed by atoms with Crippen molar-refractivity contribution in [3.8, 4) is 11.5 Å². The first kappa shape index (κ1) is 25.4. The fourth-order valence-electron chi connectivity index (χ4n) is 3.46. The van der Waals surface area contributed by atoms with Gasteiger partial charge in [-0.15, -0.1) is 0 Å². The molecule has 0 amide bonds. The summed E-state index contributed by atoms with van der Waals surface area (Å²) < 4.78 is 11.8. The van der Waals surface area contributed by atoms with Crippen LogP contribution in [0.2, 0.25) is 0 Å². The van der Waals surface area contributed by atoms with E-state index < -0.39 is 21.0 Å². The lowest BCUT2D eigenvalue weighted by Gasteiger charge is -2.23. The van der Waals surface area contributed by atoms with Crippen LogP contribution in [0.5, 0.6) is 11.5 Å². The number of hydrogen-bond donors (Lipinski definition) is 0. The number of ether oxygens (including phenoxy) is 2. The molecule has 4 rings (SSSR count). The van der Waals surface area contributed by atoms with Crippen molar-refractivity contribution in [2.75, 3.05) is 0 Å². The van der Waals surface area contributed by atoms with E-state index >= 15 is 0 Å². The lowest BCUT2D eigenvalue weighted by molar-refractivity contribution is -0.137. The summed E-state index contributed by atoms with van der Waals surface area (Å²) in [6, 6.07) is 22.5. The third-order valence-electron chi connectivity index (χ3n) is 5.33. The molecule has 8 heteroatoms. The second-order valence-corrected chi connectivity index (χ2v) is 13.2. The van der Waals surface area contributed by atoms with Gasteiger partial charge < -0.3 is 9.47 Å². The smallest absolute Gasteiger partial charge is 0.327 e. The van der Waals surface area contributed by atoms with Crippen LogP contribution in [0, 0.1) is 0 Å². The Kier molecular flexibility index (Phi) is 7.09. The summed E-state index contributed by atoms with van der Waals surface area (Å²) in [5, 5.41) is 2.21. The summed E-state index contributed by atoms with van der Waals surface area (Å²) >= 11 is 10.4. The van der Waals surface area contributed by atoms with Gasteiger partial charge in [0.05, 0.1) is 11.0 Å². The van der Waals surface area contributed by atoms with Crippen LogP contribution in [-0.2, 0) is 9.59 Å². The molecule has 1 aromatic heterocycles. The van der Waals surface area contributed by atoms with Gasteiger partial charge in [0.2, 0.25) is 0 Å². The Labute approximate surface area is 221 Å². The third-order valence-corrected chi connectivity index (χ3v) is 7.12. The van der Waals surface area contributed by atoms with Crippen LogP contribution in [0.25, 0.3) is 21.8 Å². The van der Waals surface area contributed by atoms with E-state index in [0.717, 1.165) is 21.8 Å². The second-order valence-electron chi connectivity index (χ2n) is 8.97. The number of fused-ring (bicyclic) bond motifs is 3. The van der Waals surface area contributed by atoms with Crippen LogP contribution in [0.1, 0.15) is 27.7 Å². The zero-order chi connectivity index (χ0) is 25.4. The number of nitrogens with zero attached hydrogens (tertiary/aromatic N) is 1. The van der Waals surface area contributed by atoms with E-state index in [1.54, 1.807) is 52.0 Å². The molecule has 5 nitrogen and oxygen atoms in total. The summed E-state index contributed by atoms with van der Waals surface area (Å²) in [5.74, 6) is -0.136. The van der Waals surface area contributed by atoms with Gasteiger partial charge in [0.15, 0.2) is 0 Å². The Bertz CT molecular complexity index is 1380. The molecule has 0 bridgehead atoms. The number of aromatic nitrogens is 1. The molecular weight excluding hydrogens is 546 g/mol. The molecule has 1 heterocycles. The summed E-state index contributed by atoms with van der Waals surface area (Å²) in [5.41, 5.74) is 1.99. The number of rotatable bonds is 5. The highest BCUT2D eigenvalue weighted by molar-refractivity contribution is 9.10. The largest absolute Gasteiger partial charge is 0.426 e. The summed E-state index contributed by atoms with van der Waals surface area (Å²) in [6.07, 6.45) is 0. The van der Waals surface area contributed by atoms with Crippen molar-refractivity contribution in [3.63, 3.8) is 0 Å². The first-order valence-corrected chi connectivity index (χ1v) is 12.9. The standard InChI is InChI=1S/C27H24BrNO4S2/c1-26(2,28)23(30)32-17-13-15-18(16-14-17)33-24(31)27(3,4)35-25(34)29-21-11-7-5-9-19(21)20-10-6-8-12-22(20)29/h5-16H,1-4H3. The van der Waals surface area contributed by atoms with Gasteiger partial charge in [-0.25, -0.2) is 0 Å². The number of para-hydroxylation sites is 2. The molecule has 3 aromatic carbocycles. The molecule has 0 saturated heterocycles. The molecule has 0 spiro atoms. The Morgan fingerprint density at radius 1 is 0.771 bits per heavy atom. The maximum absolute atomic E-state index is 13.1. The molecular formula is C27H24BrNO4S2. The van der Waals surface area contributed by atoms with Crippen molar-refractivity contribution in [2.45, 2.75) is 36.8 Å². The molecule has 0 atom stereocenters. The van der Waals surface area contributed by atoms with Gasteiger partial charge in [-0.2, -0.15) is 0 Å². The van der Waals surface area contributed by atoms with E-state index in [1.807, 2.05) is 41.0 Å². The molecule has 180 valence electrons. The molecule has 0 radical (unpaired) electrons. The summed E-state index contributed by atoms with van der Waals surface area (Å²) in [4.78, 5) is 25.1. The summed E-state index contributed by atoms with van der Waals surface area (Å²) in [7, 11) is 0. The zero-order valence-electron chi connectivity index (χ0n) is 19.7. The number of thiocarbonyl (C=S) groups is 1. The van der Waals surface area contributed by atoms with Crippen molar-refractivity contribution in [2.24, 2.45) is 0 Å². The van der Waals surface area contributed by atoms with Crippen LogP contribution in [0.4, 0.5) is 0 Å². The zero-order valence-corrected chi connectivity index (χ0v) is 22.9. The highest BCUT2D eigenvalue weighted by Crippen LogP contribution is 2.35. The van der Waals surface area contributed by atoms with Crippen molar-refractivity contribution in [3.05, 3.63) is 72.8 Å². The maximum Gasteiger partial charge on any atom is 0.327 e. The van der Waals surface area contributed by atoms with Gasteiger partial charge in [-0.05, 0) is 64.1 Å². The van der Waals surface area contributed by atoms with Crippen LogP contribution < -0.4 is 9.47 Å². The minimum atomic E-state index is -0.950. The van der Waals surface area contributed by atoms with E-state index in [0.29, 0.717) is 15.8 Å². The van der Waals surface area contributed by atoms with Crippen molar-refractivity contribution in [1.29, 1.82) is 0 Å². The van der Waals surface area contributed by atoms with E-state index in [1.165, 1.54) is 11.8 Å². The Morgan fingerprint density at radius 2 is 1.20 bits per heavy atom. The van der Waals surface area contributed by atoms with E-state index in [2.05, 4.69) is 28.1 Å². The van der Waals surface area contributed by atoms with Crippen LogP contribution >= 0.6 is 39.9 Å². The average molecular weight is 571 g/mol. The molecule has 0 N–H and O–H groups in total. The van der Waals surface area contributed by atoms with E-state index in [9.17, 15) is 9.59 Å². The number of hydrogen-bond acceptors (Lipinski definition) is 6. The third kappa shape index (κ3) is 5.44. The molecule has 0 fully saturated rings. The molecule has 0 aliphatic carbocycles. The van der Waals surface area contributed by atoms with Gasteiger partial charge in [-0.1, -0.05) is 76.3 Å². The number of benzene rings is 3. The monoisotopic (exact) mass is 569 g/mol. The Balaban J connectivity index is 1.50. The summed E-state index contributed by atoms with van der Waals surface area (Å²) in [6.45, 7) is 6.98. The van der Waals surface area contributed by atoms with Crippen LogP contribution in [-0.4, -0.2) is 29.9 Å². The molecule has 4 aromatic rings. The number of halogens is 1. The number of alkyl halides is 1. The first-order chi connectivity index (χ1) is 16.5. The fraction of sp³-hybridized carbons (Fsp3) is 0.222. The molecule has 0 unspecified atom stereocenters. The number of thioether (sulfide) groups is 1. The lowest BCUT2D eigenvalue weighted by Crippen LogP contribution is -2.34. The average Bonchev–Trinajstić information content (AvgIpc) is 3.14. The quantitative estimate of drug-likeness (QED) is 0.110. The molecule has 0 aliphatic rings. The van der Waals surface area contributed by atoms with Crippen LogP contribution in [0.3, 0.4) is 0 Å². The second kappa shape index (κ2) is 9.76. The van der Waals surface area contributed by atoms with Crippen molar-refractivity contribution in [1.82, 2.24) is 4.57 Å². The minimum absolute atomic E-state index is 0.351. The fourth-order valence-corrected chi connectivity index (χ4v) is 5.21. The predicted molar refractivity (Wildman–Crippen MR) is 150 cm³/mol. The van der Waals surface area contributed by atoms with E-state index in [4.69, 9.17) is 21.7 Å². The van der Waals surface area contributed by atoms with Gasteiger partial charge in [0, 0.05) is 10.8 Å². The molecule has 35 heavy (non-hydrogen) atoms. The highest BCUT2D eigenvalue weighted by Gasteiger charge is 2.33. The van der Waals surface area contributed by atoms with Gasteiger partial charge in [0.25, 0.3) is 0 Å². The topological polar surface area (TPSA) is 57.5 Å². The number of carbonyl (C=O) groups is 2. The van der Waals surface area contributed by atoms with Crippen molar-refractivity contribution >= 4 is 78.0 Å². The predicted octanol–water partition coefficient (Wildman–Crippen LogP) is 7.12. The SMILES string of the molecule is CC(C)(Br)C(=O)Oc1ccc(OC(=O)C(C)(C)SC(=S)n2c3ccccc3c3ccccc32)cc1. The highest BCUT2D eigenvalue weighted by atomic mass is 79.9. The maximum atomic E-state index is 13.1. The van der Waals surface area contributed by atoms with Gasteiger partial charge in [0.1, 0.15) is 24.9 Å². The number of carbonyl (C=O) groups excluding carboxylic acids is 2. The number of esters is 2. The molecule has 0 aliphatic heterocycles. The lowest BCUT2D eigenvalue weighted by atomic mass is 10.2. The Hall–Kier alpha value is -2.68. The normalized spacial score (nSPS) is 12.0. The van der Waals surface area contributed by atoms with Crippen molar-refractivity contribution < 1.29 is 19.1 Å². The Morgan fingerprint density at radius 3 is 1.66 bits per heavy atom. The first-order valence-electron chi connectivity index (χ1n) is 10.9. The molecule has 0 saturated carbocycles. The van der Waals surface area contributed by atoms with Gasteiger partial charge >= 0.3 is 11.9 Å². The van der Waals surface area contributed by atoms with E-state index in [-0.39, 0.29) is 0 Å². The van der Waals surface area contributed by atoms with Crippen LogP contribution in [0.15, 0.2) is 72.8 Å². The van der Waals surface area contributed by atoms with Gasteiger partial charge in [-0.3, -0.25) is 14.2 Å². The minimum Gasteiger partial charge on any atom is -0.426 e.